The van der Waals surface area contributed by atoms with Gasteiger partial charge in [0, 0.05) is 6.04 Å². The molecule has 2 unspecified atom stereocenters. The summed E-state index contributed by atoms with van der Waals surface area (Å²) in [6.45, 7) is 0. The van der Waals surface area contributed by atoms with Crippen molar-refractivity contribution in [2.75, 3.05) is 0 Å². The predicted molar refractivity (Wildman–Crippen MR) is 73.4 cm³/mol. The van der Waals surface area contributed by atoms with Crippen LogP contribution in [0.4, 0.5) is 0 Å². The molecule has 0 radical (unpaired) electrons. The van der Waals surface area contributed by atoms with Gasteiger partial charge < -0.3 is 5.11 Å². The van der Waals surface area contributed by atoms with Gasteiger partial charge in [0.25, 0.3) is 0 Å². The number of hydrogen-bond acceptors (Lipinski definition) is 4. The van der Waals surface area contributed by atoms with E-state index in [9.17, 15) is 13.2 Å². The van der Waals surface area contributed by atoms with Crippen molar-refractivity contribution >= 4 is 50.5 Å². The number of hydrogen-bond donors (Lipinski definition) is 2. The van der Waals surface area contributed by atoms with E-state index in [0.29, 0.717) is 19.3 Å². The second-order valence-corrected chi connectivity index (χ2v) is 8.26. The normalized spacial score (nSPS) is 23.7. The zero-order valence-electron chi connectivity index (χ0n) is 9.60. The Bertz CT molecular complexity index is 599. The van der Waals surface area contributed by atoms with Gasteiger partial charge in [-0.25, -0.2) is 13.1 Å². The SMILES string of the molecule is O=C(O)C1CCCC1NS(=O)(=O)c1cc(Cl)sc1Cl. The molecule has 2 N–H and O–H groups in total. The van der Waals surface area contributed by atoms with E-state index < -0.39 is 28.0 Å². The monoisotopic (exact) mass is 343 g/mol. The maximum Gasteiger partial charge on any atom is 0.308 e. The Labute approximate surface area is 124 Å². The molecule has 1 saturated carbocycles. The van der Waals surface area contributed by atoms with Gasteiger partial charge in [-0.2, -0.15) is 0 Å². The molecular formula is C10H11Cl2NO4S2. The van der Waals surface area contributed by atoms with Gasteiger partial charge >= 0.3 is 5.97 Å². The van der Waals surface area contributed by atoms with Gasteiger partial charge in [0.05, 0.1) is 10.3 Å². The fraction of sp³-hybridized carbons (Fsp3) is 0.500. The highest BCUT2D eigenvalue weighted by molar-refractivity contribution is 7.89. The van der Waals surface area contributed by atoms with Crippen LogP contribution in [0.1, 0.15) is 19.3 Å². The standard InChI is InChI=1S/C10H11Cl2NO4S2/c11-8-4-7(9(12)18-8)19(16,17)13-6-3-1-2-5(6)10(14)15/h4-6,13H,1-3H2,(H,14,15). The van der Waals surface area contributed by atoms with E-state index in [4.69, 9.17) is 28.3 Å². The van der Waals surface area contributed by atoms with Crippen LogP contribution in [0.5, 0.6) is 0 Å². The van der Waals surface area contributed by atoms with E-state index in [2.05, 4.69) is 4.72 Å². The molecule has 1 aromatic rings. The van der Waals surface area contributed by atoms with Gasteiger partial charge in [0.1, 0.15) is 9.23 Å². The number of carboxylic acid groups (broad SMARTS) is 1. The Balaban J connectivity index is 2.22. The zero-order chi connectivity index (χ0) is 14.2. The highest BCUT2D eigenvalue weighted by atomic mass is 35.5. The summed E-state index contributed by atoms with van der Waals surface area (Å²) in [5.41, 5.74) is 0. The first kappa shape index (κ1) is 15.1. The molecule has 9 heteroatoms. The van der Waals surface area contributed by atoms with Crippen LogP contribution < -0.4 is 4.72 Å². The molecule has 0 bridgehead atoms. The predicted octanol–water partition coefficient (Wildman–Crippen LogP) is 2.59. The minimum Gasteiger partial charge on any atom is -0.481 e. The van der Waals surface area contributed by atoms with Crippen LogP contribution >= 0.6 is 34.5 Å². The van der Waals surface area contributed by atoms with Crippen LogP contribution in [0.2, 0.25) is 8.67 Å². The molecule has 0 spiro atoms. The first-order valence-corrected chi connectivity index (χ1v) is 8.57. The molecule has 1 heterocycles. The Kier molecular flexibility index (Phi) is 4.42. The van der Waals surface area contributed by atoms with Crippen LogP contribution in [0.25, 0.3) is 0 Å². The second-order valence-electron chi connectivity index (χ2n) is 4.29. The third kappa shape index (κ3) is 3.22. The second kappa shape index (κ2) is 5.57. The molecular weight excluding hydrogens is 333 g/mol. The average Bonchev–Trinajstić information content (AvgIpc) is 2.84. The van der Waals surface area contributed by atoms with Gasteiger partial charge in [-0.3, -0.25) is 4.79 Å². The number of rotatable bonds is 4. The fourth-order valence-corrected chi connectivity index (χ4v) is 5.63. The number of sulfonamides is 1. The van der Waals surface area contributed by atoms with Gasteiger partial charge in [-0.1, -0.05) is 29.6 Å². The number of nitrogens with one attached hydrogen (secondary N) is 1. The van der Waals surface area contributed by atoms with Crippen LogP contribution in [0, 0.1) is 5.92 Å². The topological polar surface area (TPSA) is 83.5 Å². The highest BCUT2D eigenvalue weighted by Crippen LogP contribution is 2.35. The Morgan fingerprint density at radius 3 is 2.63 bits per heavy atom. The molecule has 1 aromatic heterocycles. The molecule has 1 aliphatic rings. The van der Waals surface area contributed by atoms with E-state index in [1.165, 1.54) is 6.07 Å². The number of carboxylic acids is 1. The maximum atomic E-state index is 12.2. The van der Waals surface area contributed by atoms with Crippen LogP contribution in [-0.4, -0.2) is 25.5 Å². The van der Waals surface area contributed by atoms with Gasteiger partial charge in [0.15, 0.2) is 0 Å². The first-order valence-electron chi connectivity index (χ1n) is 5.51. The molecule has 0 saturated heterocycles. The van der Waals surface area contributed by atoms with Crippen LogP contribution in [-0.2, 0) is 14.8 Å². The zero-order valence-corrected chi connectivity index (χ0v) is 12.7. The molecule has 0 amide bonds. The summed E-state index contributed by atoms with van der Waals surface area (Å²) in [6, 6.07) is 0.666. The third-order valence-electron chi connectivity index (χ3n) is 3.05. The number of carbonyl (C=O) groups is 1. The summed E-state index contributed by atoms with van der Waals surface area (Å²) >= 11 is 12.5. The van der Waals surface area contributed by atoms with E-state index in [1.54, 1.807) is 0 Å². The molecule has 0 aromatic carbocycles. The molecule has 1 fully saturated rings. The lowest BCUT2D eigenvalue weighted by atomic mass is 10.1. The van der Waals surface area contributed by atoms with Crippen molar-refractivity contribution in [2.24, 2.45) is 5.92 Å². The number of aliphatic carboxylic acids is 1. The summed E-state index contributed by atoms with van der Waals surface area (Å²) < 4.78 is 27.1. The fourth-order valence-electron chi connectivity index (χ4n) is 2.17. The van der Waals surface area contributed by atoms with E-state index >= 15 is 0 Å². The quantitative estimate of drug-likeness (QED) is 0.879. The molecule has 2 rings (SSSR count). The molecule has 19 heavy (non-hydrogen) atoms. The lowest BCUT2D eigenvalue weighted by Gasteiger charge is -2.17. The Morgan fingerprint density at radius 2 is 2.11 bits per heavy atom. The van der Waals surface area contributed by atoms with Gasteiger partial charge in [-0.05, 0) is 18.9 Å². The van der Waals surface area contributed by atoms with E-state index in [-0.39, 0.29) is 13.6 Å². The highest BCUT2D eigenvalue weighted by Gasteiger charge is 2.36. The van der Waals surface area contributed by atoms with E-state index in [1.807, 2.05) is 0 Å². The first-order chi connectivity index (χ1) is 8.81. The average molecular weight is 344 g/mol. The largest absolute Gasteiger partial charge is 0.481 e. The Hall–Kier alpha value is -0.340. The molecule has 106 valence electrons. The lowest BCUT2D eigenvalue weighted by molar-refractivity contribution is -0.141. The summed E-state index contributed by atoms with van der Waals surface area (Å²) in [5, 5.41) is 9.03. The van der Waals surface area contributed by atoms with Crippen molar-refractivity contribution in [3.8, 4) is 0 Å². The molecule has 5 nitrogen and oxygen atoms in total. The third-order valence-corrected chi connectivity index (χ3v) is 6.30. The summed E-state index contributed by atoms with van der Waals surface area (Å²) in [4.78, 5) is 10.9. The summed E-state index contributed by atoms with van der Waals surface area (Å²) in [7, 11) is -3.84. The van der Waals surface area contributed by atoms with Crippen LogP contribution in [0.15, 0.2) is 11.0 Å². The molecule has 1 aliphatic carbocycles. The van der Waals surface area contributed by atoms with Crippen molar-refractivity contribution < 1.29 is 18.3 Å². The van der Waals surface area contributed by atoms with Crippen molar-refractivity contribution in [2.45, 2.75) is 30.2 Å². The van der Waals surface area contributed by atoms with Crippen molar-refractivity contribution in [3.63, 3.8) is 0 Å². The lowest BCUT2D eigenvalue weighted by Crippen LogP contribution is -2.40. The smallest absolute Gasteiger partial charge is 0.308 e. The van der Waals surface area contributed by atoms with Crippen molar-refractivity contribution in [1.29, 1.82) is 0 Å². The van der Waals surface area contributed by atoms with Gasteiger partial charge in [-0.15, -0.1) is 11.3 Å². The summed E-state index contributed by atoms with van der Waals surface area (Å²) in [5.74, 6) is -1.68. The minimum absolute atomic E-state index is 0.0716. The number of halogens is 2. The minimum atomic E-state index is -3.84. The van der Waals surface area contributed by atoms with Crippen LogP contribution in [0.3, 0.4) is 0 Å². The van der Waals surface area contributed by atoms with Gasteiger partial charge in [0.2, 0.25) is 10.0 Å². The molecule has 2 atom stereocenters. The molecule has 0 aliphatic heterocycles. The number of thiophene rings is 1. The Morgan fingerprint density at radius 1 is 1.42 bits per heavy atom. The maximum absolute atomic E-state index is 12.2. The van der Waals surface area contributed by atoms with E-state index in [0.717, 1.165) is 11.3 Å². The summed E-state index contributed by atoms with van der Waals surface area (Å²) in [6.07, 6.45) is 1.66. The van der Waals surface area contributed by atoms with Crippen molar-refractivity contribution in [1.82, 2.24) is 4.72 Å². The van der Waals surface area contributed by atoms with Crippen molar-refractivity contribution in [3.05, 3.63) is 14.7 Å².